The molecule has 1 amide bonds. The first-order chi connectivity index (χ1) is 9.10. The average Bonchev–Trinajstić information content (AvgIpc) is 2.85. The number of fused-ring (bicyclic) bond motifs is 1. The molecule has 1 aromatic heterocycles. The summed E-state index contributed by atoms with van der Waals surface area (Å²) < 4.78 is 5.25. The zero-order valence-electron chi connectivity index (χ0n) is 10.2. The van der Waals surface area contributed by atoms with Crippen molar-refractivity contribution in [3.8, 4) is 5.75 Å². The molecule has 0 spiro atoms. The Hall–Kier alpha value is -2.57. The fourth-order valence-electron chi connectivity index (χ4n) is 1.52. The highest BCUT2D eigenvalue weighted by molar-refractivity contribution is 5.83. The van der Waals surface area contributed by atoms with Crippen molar-refractivity contribution in [2.75, 3.05) is 0 Å². The topological polar surface area (TPSA) is 104 Å². The number of rotatable bonds is 5. The maximum absolute atomic E-state index is 11.2. The first-order valence-corrected chi connectivity index (χ1v) is 5.72. The van der Waals surface area contributed by atoms with Crippen LogP contribution in [-0.4, -0.2) is 33.4 Å². The van der Waals surface area contributed by atoms with Crippen molar-refractivity contribution in [1.82, 2.24) is 15.5 Å². The van der Waals surface area contributed by atoms with Crippen molar-refractivity contribution in [3.63, 3.8) is 0 Å². The Labute approximate surface area is 108 Å². The van der Waals surface area contributed by atoms with E-state index in [4.69, 9.17) is 9.84 Å². The second-order valence-electron chi connectivity index (χ2n) is 3.88. The Morgan fingerprint density at radius 3 is 3.00 bits per heavy atom. The molecule has 1 unspecified atom stereocenters. The van der Waals surface area contributed by atoms with Gasteiger partial charge < -0.3 is 15.2 Å². The summed E-state index contributed by atoms with van der Waals surface area (Å²) in [5.41, 5.74) is 0.725. The number of H-pyrrole nitrogens is 1. The van der Waals surface area contributed by atoms with Gasteiger partial charge in [0.25, 0.3) is 6.23 Å². The smallest absolute Gasteiger partial charge is 0.366 e. The van der Waals surface area contributed by atoms with E-state index in [1.807, 2.05) is 0 Å². The fraction of sp³-hybridized carbons (Fsp3) is 0.250. The molecule has 0 fully saturated rings. The molecular weight excluding hydrogens is 250 g/mol. The van der Waals surface area contributed by atoms with Crippen molar-refractivity contribution >= 4 is 22.8 Å². The number of carboxylic acid groups (broad SMARTS) is 1. The van der Waals surface area contributed by atoms with E-state index in [0.29, 0.717) is 5.75 Å². The number of carboxylic acids is 1. The molecule has 7 nitrogen and oxygen atoms in total. The SMILES string of the molecule is CCC(=O)NC(Oc1ccc2cn[nH]c2c1)C(=O)O. The van der Waals surface area contributed by atoms with Gasteiger partial charge in [-0.25, -0.2) is 4.79 Å². The third-order valence-corrected chi connectivity index (χ3v) is 2.50. The molecule has 1 atom stereocenters. The number of nitrogens with zero attached hydrogens (tertiary/aromatic N) is 1. The summed E-state index contributed by atoms with van der Waals surface area (Å²) in [7, 11) is 0. The lowest BCUT2D eigenvalue weighted by Gasteiger charge is -2.16. The monoisotopic (exact) mass is 263 g/mol. The largest absolute Gasteiger partial charge is 0.477 e. The quantitative estimate of drug-likeness (QED) is 0.694. The molecule has 0 aliphatic rings. The van der Waals surface area contributed by atoms with Gasteiger partial charge in [-0.15, -0.1) is 0 Å². The Morgan fingerprint density at radius 1 is 1.53 bits per heavy atom. The average molecular weight is 263 g/mol. The van der Waals surface area contributed by atoms with Gasteiger partial charge in [0.1, 0.15) is 5.75 Å². The molecule has 0 aliphatic carbocycles. The lowest BCUT2D eigenvalue weighted by molar-refractivity contribution is -0.149. The summed E-state index contributed by atoms with van der Waals surface area (Å²) in [6, 6.07) is 4.98. The van der Waals surface area contributed by atoms with E-state index in [9.17, 15) is 9.59 Å². The Kier molecular flexibility index (Phi) is 3.65. The summed E-state index contributed by atoms with van der Waals surface area (Å²) >= 11 is 0. The highest BCUT2D eigenvalue weighted by Crippen LogP contribution is 2.19. The van der Waals surface area contributed by atoms with E-state index >= 15 is 0 Å². The number of ether oxygens (including phenoxy) is 1. The number of aliphatic carboxylic acids is 1. The molecule has 3 N–H and O–H groups in total. The molecule has 0 radical (unpaired) electrons. The standard InChI is InChI=1S/C12H13N3O4/c1-2-10(16)14-11(12(17)18)19-8-4-3-7-6-13-15-9(7)5-8/h3-6,11H,2H2,1H3,(H,13,15)(H,14,16)(H,17,18). The van der Waals surface area contributed by atoms with E-state index in [1.165, 1.54) is 0 Å². The van der Waals surface area contributed by atoms with E-state index in [1.54, 1.807) is 31.3 Å². The summed E-state index contributed by atoms with van der Waals surface area (Å²) in [5, 5.41) is 18.7. The van der Waals surface area contributed by atoms with Gasteiger partial charge in [0.05, 0.1) is 11.7 Å². The van der Waals surface area contributed by atoms with Crippen molar-refractivity contribution in [3.05, 3.63) is 24.4 Å². The highest BCUT2D eigenvalue weighted by atomic mass is 16.5. The maximum atomic E-state index is 11.2. The second-order valence-corrected chi connectivity index (χ2v) is 3.88. The highest BCUT2D eigenvalue weighted by Gasteiger charge is 2.21. The zero-order chi connectivity index (χ0) is 13.8. The van der Waals surface area contributed by atoms with Crippen LogP contribution in [0.15, 0.2) is 24.4 Å². The molecule has 0 aliphatic heterocycles. The van der Waals surface area contributed by atoms with Crippen LogP contribution in [-0.2, 0) is 9.59 Å². The Morgan fingerprint density at radius 2 is 2.32 bits per heavy atom. The summed E-state index contributed by atoms with van der Waals surface area (Å²) in [6.45, 7) is 1.63. The van der Waals surface area contributed by atoms with Gasteiger partial charge in [0.15, 0.2) is 0 Å². The minimum Gasteiger partial charge on any atom is -0.477 e. The van der Waals surface area contributed by atoms with Gasteiger partial charge >= 0.3 is 5.97 Å². The van der Waals surface area contributed by atoms with Crippen LogP contribution in [0.3, 0.4) is 0 Å². The minimum absolute atomic E-state index is 0.187. The molecule has 0 saturated carbocycles. The van der Waals surface area contributed by atoms with Gasteiger partial charge in [-0.3, -0.25) is 9.89 Å². The van der Waals surface area contributed by atoms with Crippen LogP contribution in [0.2, 0.25) is 0 Å². The number of carbonyl (C=O) groups is 2. The van der Waals surface area contributed by atoms with Crippen LogP contribution < -0.4 is 10.1 Å². The predicted molar refractivity (Wildman–Crippen MR) is 66.6 cm³/mol. The number of hydrogen-bond donors (Lipinski definition) is 3. The van der Waals surface area contributed by atoms with Gasteiger partial charge in [0, 0.05) is 17.9 Å². The third kappa shape index (κ3) is 3.01. The van der Waals surface area contributed by atoms with E-state index in [2.05, 4.69) is 15.5 Å². The molecule has 19 heavy (non-hydrogen) atoms. The Bertz CT molecular complexity index is 608. The molecule has 2 aromatic rings. The van der Waals surface area contributed by atoms with E-state index < -0.39 is 18.1 Å². The number of benzene rings is 1. The number of aromatic amines is 1. The fourth-order valence-corrected chi connectivity index (χ4v) is 1.52. The van der Waals surface area contributed by atoms with Crippen molar-refractivity contribution in [1.29, 1.82) is 0 Å². The molecule has 2 rings (SSSR count). The van der Waals surface area contributed by atoms with Crippen LogP contribution in [0.1, 0.15) is 13.3 Å². The van der Waals surface area contributed by atoms with Crippen LogP contribution in [0.4, 0.5) is 0 Å². The normalized spacial score (nSPS) is 12.1. The van der Waals surface area contributed by atoms with E-state index in [-0.39, 0.29) is 6.42 Å². The summed E-state index contributed by atoms with van der Waals surface area (Å²) in [4.78, 5) is 22.2. The lowest BCUT2D eigenvalue weighted by atomic mass is 10.2. The first-order valence-electron chi connectivity index (χ1n) is 5.72. The van der Waals surface area contributed by atoms with Crippen molar-refractivity contribution < 1.29 is 19.4 Å². The van der Waals surface area contributed by atoms with Gasteiger partial charge in [-0.2, -0.15) is 5.10 Å². The molecule has 7 heteroatoms. The van der Waals surface area contributed by atoms with Gasteiger partial charge in [-0.1, -0.05) is 6.92 Å². The third-order valence-electron chi connectivity index (χ3n) is 2.50. The molecular formula is C12H13N3O4. The summed E-state index contributed by atoms with van der Waals surface area (Å²) in [5.74, 6) is -1.32. The van der Waals surface area contributed by atoms with E-state index in [0.717, 1.165) is 10.9 Å². The number of nitrogens with one attached hydrogen (secondary N) is 2. The first kappa shape index (κ1) is 12.9. The summed E-state index contributed by atoms with van der Waals surface area (Å²) in [6.07, 6.45) is 0.423. The van der Waals surface area contributed by atoms with Crippen LogP contribution in [0, 0.1) is 0 Å². The maximum Gasteiger partial charge on any atom is 0.366 e. The predicted octanol–water partition coefficient (Wildman–Crippen LogP) is 0.879. The number of carbonyl (C=O) groups excluding carboxylic acids is 1. The molecule has 1 aromatic carbocycles. The minimum atomic E-state index is -1.41. The van der Waals surface area contributed by atoms with Crippen LogP contribution in [0.5, 0.6) is 5.75 Å². The molecule has 1 heterocycles. The van der Waals surface area contributed by atoms with Crippen LogP contribution in [0.25, 0.3) is 10.9 Å². The van der Waals surface area contributed by atoms with Crippen molar-refractivity contribution in [2.45, 2.75) is 19.6 Å². The Balaban J connectivity index is 2.15. The zero-order valence-corrected chi connectivity index (χ0v) is 10.2. The molecule has 0 bridgehead atoms. The number of hydrogen-bond acceptors (Lipinski definition) is 4. The van der Waals surface area contributed by atoms with Gasteiger partial charge in [-0.05, 0) is 12.1 Å². The van der Waals surface area contributed by atoms with Gasteiger partial charge in [0.2, 0.25) is 5.91 Å². The number of aromatic nitrogens is 2. The number of amides is 1. The lowest BCUT2D eigenvalue weighted by Crippen LogP contribution is -2.44. The van der Waals surface area contributed by atoms with Crippen molar-refractivity contribution in [2.24, 2.45) is 0 Å². The second kappa shape index (κ2) is 5.38. The molecule has 100 valence electrons. The molecule has 0 saturated heterocycles. The van der Waals surface area contributed by atoms with Crippen LogP contribution >= 0.6 is 0 Å².